The molecule has 2 nitrogen and oxygen atoms in total. The maximum absolute atomic E-state index is 6.95. The van der Waals surface area contributed by atoms with Crippen molar-refractivity contribution in [1.29, 1.82) is 5.41 Å². The summed E-state index contributed by atoms with van der Waals surface area (Å²) in [4.78, 5) is 2.45. The second-order valence-corrected chi connectivity index (χ2v) is 3.19. The van der Waals surface area contributed by atoms with Gasteiger partial charge in [0.1, 0.15) is 0 Å². The van der Waals surface area contributed by atoms with Gasteiger partial charge < -0.3 is 10.3 Å². The van der Waals surface area contributed by atoms with E-state index in [-0.39, 0.29) is 0 Å². The van der Waals surface area contributed by atoms with Crippen LogP contribution in [0.1, 0.15) is 39.5 Å². The normalized spacial score (nSPS) is 10.6. The van der Waals surface area contributed by atoms with Crippen LogP contribution in [0, 0.1) is 5.41 Å². The lowest BCUT2D eigenvalue weighted by molar-refractivity contribution is 0.278. The van der Waals surface area contributed by atoms with Crippen molar-refractivity contribution in [1.82, 2.24) is 4.90 Å². The molecule has 0 aromatic heterocycles. The second-order valence-electron chi connectivity index (χ2n) is 3.19. The molecule has 0 radical (unpaired) electrons. The van der Waals surface area contributed by atoms with Crippen LogP contribution in [0.2, 0.25) is 0 Å². The summed E-state index contributed by atoms with van der Waals surface area (Å²) < 4.78 is 0. The van der Waals surface area contributed by atoms with E-state index in [0.717, 1.165) is 13.0 Å². The van der Waals surface area contributed by atoms with Gasteiger partial charge in [0.05, 0.1) is 0 Å². The van der Waals surface area contributed by atoms with Crippen LogP contribution in [0.15, 0.2) is 0 Å². The molecule has 0 saturated carbocycles. The van der Waals surface area contributed by atoms with Crippen molar-refractivity contribution < 1.29 is 0 Å². The smallest absolute Gasteiger partial charge is 0.00307 e. The van der Waals surface area contributed by atoms with Crippen molar-refractivity contribution in [2.24, 2.45) is 0 Å². The van der Waals surface area contributed by atoms with E-state index in [1.54, 1.807) is 0 Å². The zero-order valence-electron chi connectivity index (χ0n) is 8.47. The van der Waals surface area contributed by atoms with Gasteiger partial charge in [-0.2, -0.15) is 0 Å². The van der Waals surface area contributed by atoms with Gasteiger partial charge in [-0.3, -0.25) is 0 Å². The van der Waals surface area contributed by atoms with E-state index in [9.17, 15) is 0 Å². The van der Waals surface area contributed by atoms with E-state index >= 15 is 0 Å². The van der Waals surface area contributed by atoms with E-state index in [1.165, 1.54) is 38.6 Å². The Morgan fingerprint density at radius 1 is 1.08 bits per heavy atom. The highest BCUT2D eigenvalue weighted by Crippen LogP contribution is 1.97. The summed E-state index contributed by atoms with van der Waals surface area (Å²) in [5, 5.41) is 6.95. The van der Waals surface area contributed by atoms with E-state index in [4.69, 9.17) is 5.41 Å². The Kier molecular flexibility index (Phi) is 8.46. The van der Waals surface area contributed by atoms with Crippen LogP contribution in [0.25, 0.3) is 0 Å². The van der Waals surface area contributed by atoms with E-state index < -0.39 is 0 Å². The number of hydrogen-bond acceptors (Lipinski definition) is 2. The zero-order chi connectivity index (χ0) is 9.23. The third kappa shape index (κ3) is 6.35. The van der Waals surface area contributed by atoms with Gasteiger partial charge >= 0.3 is 0 Å². The van der Waals surface area contributed by atoms with Crippen molar-refractivity contribution in [3.8, 4) is 0 Å². The minimum Gasteiger partial charge on any atom is -0.313 e. The molecule has 0 unspecified atom stereocenters. The largest absolute Gasteiger partial charge is 0.313 e. The molecule has 0 aliphatic rings. The van der Waals surface area contributed by atoms with E-state index in [1.807, 2.05) is 0 Å². The molecule has 0 rings (SSSR count). The zero-order valence-corrected chi connectivity index (χ0v) is 8.47. The predicted molar refractivity (Wildman–Crippen MR) is 55.0 cm³/mol. The molecular formula is C10H22N2. The first-order chi connectivity index (χ1) is 5.85. The van der Waals surface area contributed by atoms with Gasteiger partial charge in [-0.1, -0.05) is 20.3 Å². The minimum absolute atomic E-state index is 0.906. The van der Waals surface area contributed by atoms with Gasteiger partial charge in [0.25, 0.3) is 0 Å². The number of unbranched alkanes of at least 4 members (excludes halogenated alkanes) is 1. The Morgan fingerprint density at radius 3 is 2.33 bits per heavy atom. The van der Waals surface area contributed by atoms with Crippen LogP contribution in [-0.4, -0.2) is 30.7 Å². The average molecular weight is 170 g/mol. The maximum Gasteiger partial charge on any atom is 0.00307 e. The summed E-state index contributed by atoms with van der Waals surface area (Å²) >= 11 is 0. The molecule has 72 valence electrons. The lowest BCUT2D eigenvalue weighted by Crippen LogP contribution is -2.27. The number of hydrogen-bond donors (Lipinski definition) is 1. The topological polar surface area (TPSA) is 27.1 Å². The molecule has 0 spiro atoms. The van der Waals surface area contributed by atoms with Gasteiger partial charge in [-0.05, 0) is 38.6 Å². The van der Waals surface area contributed by atoms with Gasteiger partial charge in [0.15, 0.2) is 0 Å². The standard InChI is InChI=1S/C10H22N2/c1-3-5-9-12(8-4-2)10-6-7-11/h7,11H,3-6,8-10H2,1-2H3. The number of nitrogens with zero attached hydrogens (tertiary/aromatic N) is 1. The fourth-order valence-electron chi connectivity index (χ4n) is 1.28. The molecule has 0 amide bonds. The summed E-state index contributed by atoms with van der Waals surface area (Å²) in [6.45, 7) is 7.90. The molecule has 0 heterocycles. The van der Waals surface area contributed by atoms with E-state index in [0.29, 0.717) is 0 Å². The SMILES string of the molecule is CCCCN(CCC)CCC=N. The average Bonchev–Trinajstić information content (AvgIpc) is 2.10. The fraction of sp³-hybridized carbons (Fsp3) is 0.900. The van der Waals surface area contributed by atoms with Gasteiger partial charge in [-0.15, -0.1) is 0 Å². The molecule has 2 heteroatoms. The van der Waals surface area contributed by atoms with Crippen molar-refractivity contribution >= 4 is 6.21 Å². The lowest BCUT2D eigenvalue weighted by Gasteiger charge is -2.20. The molecule has 0 saturated heterocycles. The first-order valence-corrected chi connectivity index (χ1v) is 5.06. The number of nitrogens with one attached hydrogen (secondary N) is 1. The summed E-state index contributed by atoms with van der Waals surface area (Å²) in [5.41, 5.74) is 0. The van der Waals surface area contributed by atoms with Gasteiger partial charge in [0.2, 0.25) is 0 Å². The summed E-state index contributed by atoms with van der Waals surface area (Å²) in [6.07, 6.45) is 6.20. The second kappa shape index (κ2) is 8.72. The monoisotopic (exact) mass is 170 g/mol. The maximum atomic E-state index is 6.95. The molecule has 0 aliphatic heterocycles. The molecular weight excluding hydrogens is 148 g/mol. The third-order valence-electron chi connectivity index (χ3n) is 1.96. The van der Waals surface area contributed by atoms with Gasteiger partial charge in [0, 0.05) is 6.54 Å². The van der Waals surface area contributed by atoms with Crippen LogP contribution < -0.4 is 0 Å². The molecule has 0 aliphatic carbocycles. The minimum atomic E-state index is 0.906. The first kappa shape index (κ1) is 11.6. The van der Waals surface area contributed by atoms with Crippen molar-refractivity contribution in [2.75, 3.05) is 19.6 Å². The quantitative estimate of drug-likeness (QED) is 0.557. The Morgan fingerprint density at radius 2 is 1.83 bits per heavy atom. The highest BCUT2D eigenvalue weighted by Gasteiger charge is 2.00. The highest BCUT2D eigenvalue weighted by molar-refractivity contribution is 5.52. The first-order valence-electron chi connectivity index (χ1n) is 5.06. The van der Waals surface area contributed by atoms with Crippen LogP contribution >= 0.6 is 0 Å². The Hall–Kier alpha value is -0.370. The Balaban J connectivity index is 3.46. The van der Waals surface area contributed by atoms with Crippen LogP contribution in [0.3, 0.4) is 0 Å². The predicted octanol–water partition coefficient (Wildman–Crippen LogP) is 2.54. The van der Waals surface area contributed by atoms with Crippen molar-refractivity contribution in [3.05, 3.63) is 0 Å². The summed E-state index contributed by atoms with van der Waals surface area (Å²) in [5.74, 6) is 0. The Labute approximate surface area is 76.5 Å². The van der Waals surface area contributed by atoms with E-state index in [2.05, 4.69) is 18.7 Å². The third-order valence-corrected chi connectivity index (χ3v) is 1.96. The van der Waals surface area contributed by atoms with Crippen LogP contribution in [0.4, 0.5) is 0 Å². The molecule has 0 aromatic rings. The molecule has 0 aromatic carbocycles. The molecule has 1 N–H and O–H groups in total. The summed E-state index contributed by atoms with van der Waals surface area (Å²) in [7, 11) is 0. The summed E-state index contributed by atoms with van der Waals surface area (Å²) in [6, 6.07) is 0. The molecule has 0 fully saturated rings. The lowest BCUT2D eigenvalue weighted by atomic mass is 10.3. The van der Waals surface area contributed by atoms with Crippen LogP contribution in [0.5, 0.6) is 0 Å². The highest BCUT2D eigenvalue weighted by atomic mass is 15.1. The van der Waals surface area contributed by atoms with Crippen molar-refractivity contribution in [3.63, 3.8) is 0 Å². The van der Waals surface area contributed by atoms with Crippen molar-refractivity contribution in [2.45, 2.75) is 39.5 Å². The van der Waals surface area contributed by atoms with Gasteiger partial charge in [-0.25, -0.2) is 0 Å². The molecule has 0 bridgehead atoms. The molecule has 0 atom stereocenters. The van der Waals surface area contributed by atoms with Crippen LogP contribution in [-0.2, 0) is 0 Å². The number of rotatable bonds is 8. The fourth-order valence-corrected chi connectivity index (χ4v) is 1.28. The molecule has 12 heavy (non-hydrogen) atoms. The Bertz CT molecular complexity index is 102.